The lowest BCUT2D eigenvalue weighted by molar-refractivity contribution is 0.0522. The fourth-order valence-corrected chi connectivity index (χ4v) is 1.31. The van der Waals surface area contributed by atoms with Gasteiger partial charge in [0.25, 0.3) is 0 Å². The standard InChI is InChI=1S/C11H19N3O2/c1-8-6-9(14(5)13-8)7-12-10(15)16-11(2,3)4/h6H,7H2,1-5H3,(H,12,15). The van der Waals surface area contributed by atoms with Crippen molar-refractivity contribution in [3.8, 4) is 0 Å². The summed E-state index contributed by atoms with van der Waals surface area (Å²) in [5.74, 6) is 0. The van der Waals surface area contributed by atoms with Crippen LogP contribution in [-0.2, 0) is 18.3 Å². The Balaban J connectivity index is 2.46. The summed E-state index contributed by atoms with van der Waals surface area (Å²) in [6.45, 7) is 7.84. The van der Waals surface area contributed by atoms with Crippen molar-refractivity contribution in [2.75, 3.05) is 0 Å². The Morgan fingerprint density at radius 3 is 2.62 bits per heavy atom. The number of amides is 1. The van der Waals surface area contributed by atoms with Gasteiger partial charge in [0.05, 0.1) is 17.9 Å². The largest absolute Gasteiger partial charge is 0.444 e. The number of nitrogens with one attached hydrogen (secondary N) is 1. The number of hydrogen-bond acceptors (Lipinski definition) is 3. The van der Waals surface area contributed by atoms with Gasteiger partial charge in [-0.15, -0.1) is 0 Å². The van der Waals surface area contributed by atoms with Gasteiger partial charge in [-0.2, -0.15) is 5.10 Å². The average Bonchev–Trinajstić information content (AvgIpc) is 2.38. The van der Waals surface area contributed by atoms with Crippen LogP contribution in [0.4, 0.5) is 4.79 Å². The molecule has 1 aromatic heterocycles. The lowest BCUT2D eigenvalue weighted by Gasteiger charge is -2.19. The second kappa shape index (κ2) is 4.55. The minimum Gasteiger partial charge on any atom is -0.444 e. The summed E-state index contributed by atoms with van der Waals surface area (Å²) in [5.41, 5.74) is 1.42. The Kier molecular flexibility index (Phi) is 3.57. The lowest BCUT2D eigenvalue weighted by Crippen LogP contribution is -2.32. The fraction of sp³-hybridized carbons (Fsp3) is 0.636. The summed E-state index contributed by atoms with van der Waals surface area (Å²) in [4.78, 5) is 11.4. The van der Waals surface area contributed by atoms with Crippen molar-refractivity contribution in [1.29, 1.82) is 0 Å². The quantitative estimate of drug-likeness (QED) is 0.834. The monoisotopic (exact) mass is 225 g/mol. The van der Waals surface area contributed by atoms with E-state index in [4.69, 9.17) is 4.74 Å². The van der Waals surface area contributed by atoms with E-state index < -0.39 is 11.7 Å². The van der Waals surface area contributed by atoms with Crippen molar-refractivity contribution in [3.05, 3.63) is 17.5 Å². The molecule has 0 radical (unpaired) electrons. The molecule has 0 aliphatic carbocycles. The predicted molar refractivity (Wildman–Crippen MR) is 61.0 cm³/mol. The first kappa shape index (κ1) is 12.5. The third kappa shape index (κ3) is 3.92. The Labute approximate surface area is 95.8 Å². The molecule has 1 rings (SSSR count). The molecule has 1 amide bonds. The van der Waals surface area contributed by atoms with Gasteiger partial charge in [-0.3, -0.25) is 4.68 Å². The number of carbonyl (C=O) groups excluding carboxylic acids is 1. The molecule has 0 unspecified atom stereocenters. The zero-order valence-electron chi connectivity index (χ0n) is 10.5. The van der Waals surface area contributed by atoms with Crippen LogP contribution < -0.4 is 5.32 Å². The zero-order chi connectivity index (χ0) is 12.3. The number of ether oxygens (including phenoxy) is 1. The van der Waals surface area contributed by atoms with Crippen molar-refractivity contribution >= 4 is 6.09 Å². The van der Waals surface area contributed by atoms with Crippen molar-refractivity contribution in [2.45, 2.75) is 39.8 Å². The summed E-state index contributed by atoms with van der Waals surface area (Å²) in [5, 5.41) is 6.88. The van der Waals surface area contributed by atoms with E-state index in [0.29, 0.717) is 6.54 Å². The molecule has 0 bridgehead atoms. The third-order valence-corrected chi connectivity index (χ3v) is 1.91. The molecule has 0 aliphatic rings. The summed E-state index contributed by atoms with van der Waals surface area (Å²) in [6.07, 6.45) is -0.411. The highest BCUT2D eigenvalue weighted by Crippen LogP contribution is 2.07. The Bertz CT molecular complexity index is 377. The van der Waals surface area contributed by atoms with Gasteiger partial charge in [0.1, 0.15) is 5.60 Å². The van der Waals surface area contributed by atoms with Crippen molar-refractivity contribution < 1.29 is 9.53 Å². The summed E-state index contributed by atoms with van der Waals surface area (Å²) in [6, 6.07) is 1.93. The maximum Gasteiger partial charge on any atom is 0.407 e. The van der Waals surface area contributed by atoms with Gasteiger partial charge >= 0.3 is 6.09 Å². The van der Waals surface area contributed by atoms with Crippen LogP contribution in [-0.4, -0.2) is 21.5 Å². The first-order valence-corrected chi connectivity index (χ1v) is 5.24. The Hall–Kier alpha value is -1.52. The number of alkyl carbamates (subject to hydrolysis) is 1. The topological polar surface area (TPSA) is 56.1 Å². The van der Waals surface area contributed by atoms with Crippen LogP contribution in [0.3, 0.4) is 0 Å². The fourth-order valence-electron chi connectivity index (χ4n) is 1.31. The van der Waals surface area contributed by atoms with Crippen LogP contribution in [0.5, 0.6) is 0 Å². The highest BCUT2D eigenvalue weighted by atomic mass is 16.6. The zero-order valence-corrected chi connectivity index (χ0v) is 10.5. The van der Waals surface area contributed by atoms with E-state index >= 15 is 0 Å². The normalized spacial score (nSPS) is 11.3. The first-order valence-electron chi connectivity index (χ1n) is 5.24. The van der Waals surface area contributed by atoms with Gasteiger partial charge in [-0.05, 0) is 33.8 Å². The van der Waals surface area contributed by atoms with E-state index in [1.165, 1.54) is 0 Å². The van der Waals surface area contributed by atoms with Crippen LogP contribution in [0, 0.1) is 6.92 Å². The molecule has 16 heavy (non-hydrogen) atoms. The Morgan fingerprint density at radius 1 is 1.56 bits per heavy atom. The molecular weight excluding hydrogens is 206 g/mol. The van der Waals surface area contributed by atoms with E-state index in [-0.39, 0.29) is 0 Å². The van der Waals surface area contributed by atoms with E-state index in [1.54, 1.807) is 4.68 Å². The highest BCUT2D eigenvalue weighted by molar-refractivity contribution is 5.67. The van der Waals surface area contributed by atoms with Crippen molar-refractivity contribution in [1.82, 2.24) is 15.1 Å². The molecule has 0 atom stereocenters. The van der Waals surface area contributed by atoms with E-state index in [1.807, 2.05) is 40.8 Å². The molecule has 5 heteroatoms. The highest BCUT2D eigenvalue weighted by Gasteiger charge is 2.16. The molecule has 0 aliphatic heterocycles. The van der Waals surface area contributed by atoms with Crippen molar-refractivity contribution in [3.63, 3.8) is 0 Å². The van der Waals surface area contributed by atoms with Crippen LogP contribution >= 0.6 is 0 Å². The van der Waals surface area contributed by atoms with E-state index in [9.17, 15) is 4.79 Å². The van der Waals surface area contributed by atoms with Gasteiger partial charge in [-0.1, -0.05) is 0 Å². The molecule has 1 N–H and O–H groups in total. The maximum absolute atomic E-state index is 11.4. The molecule has 0 spiro atoms. The summed E-state index contributed by atoms with van der Waals surface area (Å²) >= 11 is 0. The minimum atomic E-state index is -0.466. The minimum absolute atomic E-state index is 0.411. The van der Waals surface area contributed by atoms with Crippen LogP contribution in [0.2, 0.25) is 0 Å². The molecule has 0 aromatic carbocycles. The number of aryl methyl sites for hydroxylation is 2. The van der Waals surface area contributed by atoms with Crippen LogP contribution in [0.1, 0.15) is 32.2 Å². The van der Waals surface area contributed by atoms with E-state index in [0.717, 1.165) is 11.4 Å². The van der Waals surface area contributed by atoms with Gasteiger partial charge < -0.3 is 10.1 Å². The molecule has 1 aromatic rings. The molecule has 90 valence electrons. The molecular formula is C11H19N3O2. The van der Waals surface area contributed by atoms with Crippen LogP contribution in [0.15, 0.2) is 6.07 Å². The maximum atomic E-state index is 11.4. The van der Waals surface area contributed by atoms with E-state index in [2.05, 4.69) is 10.4 Å². The number of hydrogen-bond donors (Lipinski definition) is 1. The second-order valence-electron chi connectivity index (χ2n) is 4.76. The molecule has 0 saturated heterocycles. The summed E-state index contributed by atoms with van der Waals surface area (Å²) in [7, 11) is 1.85. The van der Waals surface area contributed by atoms with Gasteiger partial charge in [0.15, 0.2) is 0 Å². The SMILES string of the molecule is Cc1cc(CNC(=O)OC(C)(C)C)n(C)n1. The van der Waals surface area contributed by atoms with Gasteiger partial charge in [-0.25, -0.2) is 4.79 Å². The summed E-state index contributed by atoms with van der Waals surface area (Å²) < 4.78 is 6.87. The molecule has 5 nitrogen and oxygen atoms in total. The molecule has 0 fully saturated rings. The predicted octanol–water partition coefficient (Wildman–Crippen LogP) is 1.75. The van der Waals surface area contributed by atoms with Gasteiger partial charge in [0, 0.05) is 7.05 Å². The number of nitrogens with zero attached hydrogens (tertiary/aromatic N) is 2. The number of aromatic nitrogens is 2. The smallest absolute Gasteiger partial charge is 0.407 e. The average molecular weight is 225 g/mol. The van der Waals surface area contributed by atoms with Crippen LogP contribution in [0.25, 0.3) is 0 Å². The molecule has 0 saturated carbocycles. The third-order valence-electron chi connectivity index (χ3n) is 1.91. The second-order valence-corrected chi connectivity index (χ2v) is 4.76. The first-order chi connectivity index (χ1) is 7.28. The molecule has 1 heterocycles. The van der Waals surface area contributed by atoms with Gasteiger partial charge in [0.2, 0.25) is 0 Å². The number of rotatable bonds is 2. The Morgan fingerprint density at radius 2 is 2.19 bits per heavy atom. The van der Waals surface area contributed by atoms with Crippen molar-refractivity contribution in [2.24, 2.45) is 7.05 Å². The lowest BCUT2D eigenvalue weighted by atomic mass is 10.2. The number of carbonyl (C=O) groups is 1.